The zero-order chi connectivity index (χ0) is 7.73. The lowest BCUT2D eigenvalue weighted by Crippen LogP contribution is -2.49. The van der Waals surface area contributed by atoms with Crippen LogP contribution in [0.15, 0.2) is 0 Å². The van der Waals surface area contributed by atoms with Gasteiger partial charge in [0.15, 0.2) is 0 Å². The van der Waals surface area contributed by atoms with Gasteiger partial charge in [0, 0.05) is 13.2 Å². The summed E-state index contributed by atoms with van der Waals surface area (Å²) in [6.45, 7) is 1.29. The molecule has 0 amide bonds. The van der Waals surface area contributed by atoms with Gasteiger partial charge in [0.05, 0.1) is 5.60 Å². The fourth-order valence-electron chi connectivity index (χ4n) is 2.35. The molecule has 0 radical (unpaired) electrons. The van der Waals surface area contributed by atoms with Crippen molar-refractivity contribution in [1.82, 2.24) is 0 Å². The third kappa shape index (κ3) is 1.30. The van der Waals surface area contributed by atoms with Crippen LogP contribution in [0.5, 0.6) is 0 Å². The van der Waals surface area contributed by atoms with Gasteiger partial charge in [-0.1, -0.05) is 0 Å². The Morgan fingerprint density at radius 1 is 1.36 bits per heavy atom. The van der Waals surface area contributed by atoms with Crippen LogP contribution in [-0.4, -0.2) is 23.9 Å². The van der Waals surface area contributed by atoms with E-state index in [4.69, 9.17) is 9.84 Å². The predicted molar refractivity (Wildman–Crippen MR) is 42.3 cm³/mol. The van der Waals surface area contributed by atoms with E-state index < -0.39 is 0 Å². The molecule has 0 aromatic carbocycles. The van der Waals surface area contributed by atoms with E-state index >= 15 is 0 Å². The molecule has 1 N–H and O–H groups in total. The Kier molecular flexibility index (Phi) is 1.90. The highest BCUT2D eigenvalue weighted by Crippen LogP contribution is 2.45. The number of rotatable bonds is 1. The largest absolute Gasteiger partial charge is 0.396 e. The molecule has 0 unspecified atom stereocenters. The maximum Gasteiger partial charge on any atom is 0.0689 e. The standard InChI is InChI=1S/C9H16O2/c10-7-8-5-9(6-8)3-1-2-4-11-9/h8,10H,1-7H2. The Morgan fingerprint density at radius 2 is 2.18 bits per heavy atom. The lowest BCUT2D eigenvalue weighted by molar-refractivity contribution is -0.160. The predicted octanol–water partition coefficient (Wildman–Crippen LogP) is 1.33. The average Bonchev–Trinajstić information content (AvgIpc) is 2.01. The van der Waals surface area contributed by atoms with E-state index in [-0.39, 0.29) is 5.60 Å². The van der Waals surface area contributed by atoms with Gasteiger partial charge in [-0.25, -0.2) is 0 Å². The third-order valence-corrected chi connectivity index (χ3v) is 3.01. The molecule has 0 aromatic rings. The van der Waals surface area contributed by atoms with Crippen molar-refractivity contribution in [3.05, 3.63) is 0 Å². The Balaban J connectivity index is 1.84. The monoisotopic (exact) mass is 156 g/mol. The number of aliphatic hydroxyl groups excluding tert-OH is 1. The fraction of sp³-hybridized carbons (Fsp3) is 1.00. The van der Waals surface area contributed by atoms with Crippen LogP contribution in [0.3, 0.4) is 0 Å². The highest BCUT2D eigenvalue weighted by molar-refractivity contribution is 4.96. The van der Waals surface area contributed by atoms with Gasteiger partial charge in [-0.05, 0) is 38.0 Å². The summed E-state index contributed by atoms with van der Waals surface area (Å²) in [6, 6.07) is 0. The van der Waals surface area contributed by atoms with Crippen molar-refractivity contribution in [2.45, 2.75) is 37.7 Å². The van der Waals surface area contributed by atoms with E-state index in [1.54, 1.807) is 0 Å². The molecular formula is C9H16O2. The second-order valence-corrected chi connectivity index (χ2v) is 3.95. The second kappa shape index (κ2) is 2.76. The molecule has 2 rings (SSSR count). The summed E-state index contributed by atoms with van der Waals surface area (Å²) >= 11 is 0. The van der Waals surface area contributed by atoms with Crippen molar-refractivity contribution >= 4 is 0 Å². The number of aliphatic hydroxyl groups is 1. The molecule has 64 valence electrons. The summed E-state index contributed by atoms with van der Waals surface area (Å²) in [5.74, 6) is 0.535. The minimum absolute atomic E-state index is 0.214. The molecule has 2 fully saturated rings. The molecule has 11 heavy (non-hydrogen) atoms. The topological polar surface area (TPSA) is 29.5 Å². The van der Waals surface area contributed by atoms with Crippen molar-refractivity contribution in [3.63, 3.8) is 0 Å². The summed E-state index contributed by atoms with van der Waals surface area (Å²) in [7, 11) is 0. The van der Waals surface area contributed by atoms with E-state index in [2.05, 4.69) is 0 Å². The Labute approximate surface area is 67.6 Å². The van der Waals surface area contributed by atoms with Crippen LogP contribution in [0.2, 0.25) is 0 Å². The van der Waals surface area contributed by atoms with Crippen LogP contribution in [0.4, 0.5) is 0 Å². The first-order chi connectivity index (χ1) is 5.35. The number of ether oxygens (including phenoxy) is 1. The first-order valence-corrected chi connectivity index (χ1v) is 4.59. The smallest absolute Gasteiger partial charge is 0.0689 e. The maximum atomic E-state index is 8.84. The molecule has 1 aliphatic heterocycles. The van der Waals surface area contributed by atoms with Crippen molar-refractivity contribution in [1.29, 1.82) is 0 Å². The third-order valence-electron chi connectivity index (χ3n) is 3.01. The molecule has 1 spiro atoms. The van der Waals surface area contributed by atoms with Gasteiger partial charge in [-0.3, -0.25) is 0 Å². The summed E-state index contributed by atoms with van der Waals surface area (Å²) in [5.41, 5.74) is 0.214. The van der Waals surface area contributed by atoms with Crippen LogP contribution in [0, 0.1) is 5.92 Å². The fourth-order valence-corrected chi connectivity index (χ4v) is 2.35. The lowest BCUT2D eigenvalue weighted by atomic mass is 9.68. The van der Waals surface area contributed by atoms with Gasteiger partial charge in [-0.15, -0.1) is 0 Å². The normalized spacial score (nSPS) is 43.9. The molecule has 1 saturated heterocycles. The lowest BCUT2D eigenvalue weighted by Gasteiger charge is -2.49. The van der Waals surface area contributed by atoms with Crippen molar-refractivity contribution in [3.8, 4) is 0 Å². The summed E-state index contributed by atoms with van der Waals surface area (Å²) < 4.78 is 5.72. The minimum Gasteiger partial charge on any atom is -0.396 e. The van der Waals surface area contributed by atoms with Crippen LogP contribution in [-0.2, 0) is 4.74 Å². The van der Waals surface area contributed by atoms with Crippen molar-refractivity contribution in [2.75, 3.05) is 13.2 Å². The maximum absolute atomic E-state index is 8.84. The van der Waals surface area contributed by atoms with Crippen LogP contribution in [0.1, 0.15) is 32.1 Å². The first-order valence-electron chi connectivity index (χ1n) is 4.59. The van der Waals surface area contributed by atoms with Gasteiger partial charge in [-0.2, -0.15) is 0 Å². The van der Waals surface area contributed by atoms with E-state index in [0.717, 1.165) is 19.4 Å². The Morgan fingerprint density at radius 3 is 2.73 bits per heavy atom. The number of hydrogen-bond donors (Lipinski definition) is 1. The SMILES string of the molecule is OCC1CC2(CCCCO2)C1. The van der Waals surface area contributed by atoms with E-state index in [1.165, 1.54) is 19.3 Å². The van der Waals surface area contributed by atoms with Crippen LogP contribution in [0.25, 0.3) is 0 Å². The van der Waals surface area contributed by atoms with Gasteiger partial charge < -0.3 is 9.84 Å². The molecule has 0 aromatic heterocycles. The molecule has 2 heteroatoms. The zero-order valence-electron chi connectivity index (χ0n) is 6.88. The molecule has 0 bridgehead atoms. The Bertz CT molecular complexity index is 130. The molecule has 0 atom stereocenters. The molecule has 1 saturated carbocycles. The number of hydrogen-bond acceptors (Lipinski definition) is 2. The summed E-state index contributed by atoms with van der Waals surface area (Å²) in [6.07, 6.45) is 5.97. The van der Waals surface area contributed by atoms with Crippen molar-refractivity contribution < 1.29 is 9.84 Å². The quantitative estimate of drug-likeness (QED) is 0.620. The van der Waals surface area contributed by atoms with Gasteiger partial charge in [0.25, 0.3) is 0 Å². The molecule has 2 nitrogen and oxygen atoms in total. The summed E-state index contributed by atoms with van der Waals surface area (Å²) in [4.78, 5) is 0. The second-order valence-electron chi connectivity index (χ2n) is 3.95. The van der Waals surface area contributed by atoms with Gasteiger partial charge >= 0.3 is 0 Å². The van der Waals surface area contributed by atoms with E-state index in [0.29, 0.717) is 12.5 Å². The summed E-state index contributed by atoms with van der Waals surface area (Å²) in [5, 5.41) is 8.84. The highest BCUT2D eigenvalue weighted by atomic mass is 16.5. The Hall–Kier alpha value is -0.0800. The molecule has 2 aliphatic rings. The average molecular weight is 156 g/mol. The first kappa shape index (κ1) is 7.56. The van der Waals surface area contributed by atoms with Crippen LogP contribution >= 0.6 is 0 Å². The van der Waals surface area contributed by atoms with Gasteiger partial charge in [0.2, 0.25) is 0 Å². The van der Waals surface area contributed by atoms with E-state index in [9.17, 15) is 0 Å². The minimum atomic E-state index is 0.214. The van der Waals surface area contributed by atoms with E-state index in [1.807, 2.05) is 0 Å². The molecule has 1 heterocycles. The molecular weight excluding hydrogens is 140 g/mol. The highest BCUT2D eigenvalue weighted by Gasteiger charge is 2.45. The van der Waals surface area contributed by atoms with Crippen LogP contribution < -0.4 is 0 Å². The molecule has 1 aliphatic carbocycles. The zero-order valence-corrected chi connectivity index (χ0v) is 6.88. The van der Waals surface area contributed by atoms with Gasteiger partial charge in [0.1, 0.15) is 0 Å². The van der Waals surface area contributed by atoms with Crippen molar-refractivity contribution in [2.24, 2.45) is 5.92 Å².